The third kappa shape index (κ3) is 4.77. The number of hydrogen-bond donors (Lipinski definition) is 2. The number of aliphatic hydroxyl groups is 1. The lowest BCUT2D eigenvalue weighted by Crippen LogP contribution is -2.40. The van der Waals surface area contributed by atoms with Crippen molar-refractivity contribution in [3.8, 4) is 10.7 Å². The molecule has 7 nitrogen and oxygen atoms in total. The number of rotatable bonds is 8. The molecule has 0 spiro atoms. The first kappa shape index (κ1) is 24.5. The molecule has 0 amide bonds. The van der Waals surface area contributed by atoms with Crippen LogP contribution in [0.1, 0.15) is 38.0 Å². The first-order chi connectivity index (χ1) is 16.9. The van der Waals surface area contributed by atoms with Crippen molar-refractivity contribution in [2.75, 3.05) is 17.5 Å². The number of aromatic nitrogens is 2. The second kappa shape index (κ2) is 10.0. The first-order valence-corrected chi connectivity index (χ1v) is 15.0. The van der Waals surface area contributed by atoms with Gasteiger partial charge in [0.05, 0.1) is 23.5 Å². The van der Waals surface area contributed by atoms with Crippen molar-refractivity contribution in [3.63, 3.8) is 0 Å². The van der Waals surface area contributed by atoms with E-state index in [1.54, 1.807) is 28.8 Å². The second-order valence-corrected chi connectivity index (χ2v) is 13.3. The number of aliphatic hydroxyl groups excluding tert-OH is 1. The fourth-order valence-corrected chi connectivity index (χ4v) is 8.47. The van der Waals surface area contributed by atoms with E-state index in [4.69, 9.17) is 0 Å². The lowest BCUT2D eigenvalue weighted by Gasteiger charge is -2.34. The zero-order chi connectivity index (χ0) is 24.6. The average Bonchev–Trinajstić information content (AvgIpc) is 3.60. The van der Waals surface area contributed by atoms with Crippen molar-refractivity contribution in [1.82, 2.24) is 14.9 Å². The van der Waals surface area contributed by atoms with E-state index < -0.39 is 10.0 Å². The molecule has 0 bridgehead atoms. The lowest BCUT2D eigenvalue weighted by molar-refractivity contribution is 0.0849. The van der Waals surface area contributed by atoms with Gasteiger partial charge in [-0.3, -0.25) is 9.21 Å². The molecule has 35 heavy (non-hydrogen) atoms. The number of nitrogens with one attached hydrogen (secondary N) is 1. The molecule has 3 aromatic heterocycles. The number of sulfonamides is 1. The lowest BCUT2D eigenvalue weighted by atomic mass is 10.0. The Morgan fingerprint density at radius 1 is 1.26 bits per heavy atom. The molecular weight excluding hydrogens is 501 g/mol. The maximum absolute atomic E-state index is 13.5. The van der Waals surface area contributed by atoms with Crippen LogP contribution in [0, 0.1) is 0 Å². The van der Waals surface area contributed by atoms with E-state index in [0.717, 1.165) is 52.4 Å². The van der Waals surface area contributed by atoms with Crippen molar-refractivity contribution in [2.45, 2.75) is 55.9 Å². The molecule has 186 valence electrons. The van der Waals surface area contributed by atoms with Gasteiger partial charge in [0.15, 0.2) is 0 Å². The molecule has 1 atom stereocenters. The van der Waals surface area contributed by atoms with Crippen molar-refractivity contribution in [1.29, 1.82) is 0 Å². The van der Waals surface area contributed by atoms with Gasteiger partial charge >= 0.3 is 0 Å². The van der Waals surface area contributed by atoms with Gasteiger partial charge < -0.3 is 10.1 Å². The molecule has 1 unspecified atom stereocenters. The molecule has 2 N–H and O–H groups in total. The fraction of sp³-hybridized carbons (Fsp3) is 0.400. The predicted octanol–water partition coefficient (Wildman–Crippen LogP) is 5.30. The maximum atomic E-state index is 13.5. The minimum atomic E-state index is -3.68. The van der Waals surface area contributed by atoms with Crippen molar-refractivity contribution >= 4 is 49.3 Å². The van der Waals surface area contributed by atoms with Crippen LogP contribution in [0.3, 0.4) is 0 Å². The molecule has 5 rings (SSSR count). The highest BCUT2D eigenvalue weighted by Crippen LogP contribution is 2.36. The van der Waals surface area contributed by atoms with Gasteiger partial charge in [-0.2, -0.15) is 0 Å². The molecule has 1 aliphatic heterocycles. The molecule has 0 radical (unpaired) electrons. The van der Waals surface area contributed by atoms with Gasteiger partial charge in [0, 0.05) is 35.1 Å². The number of para-hydroxylation sites is 1. The molecule has 1 aliphatic rings. The molecule has 1 aromatic carbocycles. The minimum absolute atomic E-state index is 0.192. The van der Waals surface area contributed by atoms with Crippen LogP contribution in [0.25, 0.3) is 21.6 Å². The molecule has 0 saturated carbocycles. The summed E-state index contributed by atoms with van der Waals surface area (Å²) < 4.78 is 28.8. The predicted molar refractivity (Wildman–Crippen MR) is 144 cm³/mol. The van der Waals surface area contributed by atoms with Crippen molar-refractivity contribution in [2.24, 2.45) is 0 Å². The number of H-pyrrole nitrogens is 1. The minimum Gasteiger partial charge on any atom is -0.395 e. The highest BCUT2D eigenvalue weighted by molar-refractivity contribution is 7.94. The van der Waals surface area contributed by atoms with Crippen LogP contribution < -0.4 is 4.31 Å². The van der Waals surface area contributed by atoms with E-state index in [-0.39, 0.29) is 18.7 Å². The van der Waals surface area contributed by atoms with Crippen LogP contribution in [0.5, 0.6) is 0 Å². The second-order valence-electron chi connectivity index (χ2n) is 9.19. The van der Waals surface area contributed by atoms with Crippen LogP contribution in [-0.4, -0.2) is 53.6 Å². The number of thiophene rings is 1. The molecule has 10 heteroatoms. The maximum Gasteiger partial charge on any atom is 0.274 e. The summed E-state index contributed by atoms with van der Waals surface area (Å²) in [6.07, 6.45) is 5.28. The number of hydrogen-bond acceptors (Lipinski definition) is 7. The van der Waals surface area contributed by atoms with E-state index in [1.165, 1.54) is 22.1 Å². The Hall–Kier alpha value is -2.24. The molecule has 1 saturated heterocycles. The smallest absolute Gasteiger partial charge is 0.274 e. The van der Waals surface area contributed by atoms with Gasteiger partial charge in [-0.25, -0.2) is 13.4 Å². The van der Waals surface area contributed by atoms with Crippen LogP contribution in [0.15, 0.2) is 52.2 Å². The van der Waals surface area contributed by atoms with Crippen molar-refractivity contribution < 1.29 is 13.5 Å². The van der Waals surface area contributed by atoms with Gasteiger partial charge in [0.2, 0.25) is 0 Å². The SMILES string of the molecule is CC(C)N(c1cccc2cc(-c3ncc(CN4CCCCC4CO)s3)[nH]c12)S(=O)(=O)c1cccs1. The van der Waals surface area contributed by atoms with Crippen LogP contribution >= 0.6 is 22.7 Å². The van der Waals surface area contributed by atoms with E-state index in [2.05, 4.69) is 14.9 Å². The number of aromatic amines is 1. The number of anilines is 1. The Labute approximate surface area is 214 Å². The van der Waals surface area contributed by atoms with Crippen molar-refractivity contribution in [3.05, 3.63) is 52.9 Å². The molecule has 0 aliphatic carbocycles. The van der Waals surface area contributed by atoms with Crippen LogP contribution in [-0.2, 0) is 16.6 Å². The quantitative estimate of drug-likeness (QED) is 0.323. The normalized spacial score (nSPS) is 17.4. The van der Waals surface area contributed by atoms with Crippen LogP contribution in [0.2, 0.25) is 0 Å². The standard InChI is InChI=1S/C25H30N4O3S3/c1-17(2)29(35(31,32)23-10-6-12-33-23)22-9-5-7-18-13-21(27-24(18)22)25-26-14-20(34-25)15-28-11-4-3-8-19(28)16-30/h5-7,9-10,12-14,17,19,27,30H,3-4,8,11,15-16H2,1-2H3. The van der Waals surface area contributed by atoms with Gasteiger partial charge in [-0.15, -0.1) is 22.7 Å². The number of likely N-dealkylation sites (tertiary alicyclic amines) is 1. The van der Waals surface area contributed by atoms with Crippen LogP contribution in [0.4, 0.5) is 5.69 Å². The van der Waals surface area contributed by atoms with Gasteiger partial charge in [0.25, 0.3) is 10.0 Å². The number of benzene rings is 1. The summed E-state index contributed by atoms with van der Waals surface area (Å²) in [7, 11) is -3.68. The van der Waals surface area contributed by atoms with E-state index in [0.29, 0.717) is 9.90 Å². The molecule has 4 heterocycles. The van der Waals surface area contributed by atoms with E-state index >= 15 is 0 Å². The van der Waals surface area contributed by atoms with E-state index in [9.17, 15) is 13.5 Å². The topological polar surface area (TPSA) is 89.5 Å². The molecule has 4 aromatic rings. The summed E-state index contributed by atoms with van der Waals surface area (Å²) in [5.74, 6) is 0. The van der Waals surface area contributed by atoms with Gasteiger partial charge in [-0.1, -0.05) is 24.6 Å². The monoisotopic (exact) mass is 530 g/mol. The van der Waals surface area contributed by atoms with Gasteiger partial charge in [-0.05, 0) is 56.8 Å². The zero-order valence-electron chi connectivity index (χ0n) is 19.8. The fourth-order valence-electron chi connectivity index (χ4n) is 4.81. The first-order valence-electron chi connectivity index (χ1n) is 11.9. The average molecular weight is 531 g/mol. The Morgan fingerprint density at radius 2 is 2.11 bits per heavy atom. The number of fused-ring (bicyclic) bond motifs is 1. The Balaban J connectivity index is 1.48. The summed E-state index contributed by atoms with van der Waals surface area (Å²) in [4.78, 5) is 11.6. The molecule has 1 fully saturated rings. The molecular formula is C25H30N4O3S3. The van der Waals surface area contributed by atoms with E-state index in [1.807, 2.05) is 44.3 Å². The summed E-state index contributed by atoms with van der Waals surface area (Å²) in [6.45, 7) is 5.76. The Kier molecular flexibility index (Phi) is 7.00. The zero-order valence-corrected chi connectivity index (χ0v) is 22.3. The largest absolute Gasteiger partial charge is 0.395 e. The third-order valence-electron chi connectivity index (χ3n) is 6.45. The summed E-state index contributed by atoms with van der Waals surface area (Å²) >= 11 is 2.86. The highest BCUT2D eigenvalue weighted by atomic mass is 32.2. The van der Waals surface area contributed by atoms with Gasteiger partial charge in [0.1, 0.15) is 9.22 Å². The Morgan fingerprint density at radius 3 is 2.86 bits per heavy atom. The summed E-state index contributed by atoms with van der Waals surface area (Å²) in [5, 5.41) is 13.3. The third-order valence-corrected chi connectivity index (χ3v) is 10.8. The number of thiazole rings is 1. The number of nitrogens with zero attached hydrogens (tertiary/aromatic N) is 3. The summed E-state index contributed by atoms with van der Waals surface area (Å²) in [6, 6.07) is 11.2. The Bertz CT molecular complexity index is 1390. The summed E-state index contributed by atoms with van der Waals surface area (Å²) in [5.41, 5.74) is 2.29. The highest BCUT2D eigenvalue weighted by Gasteiger charge is 2.30. The number of piperidine rings is 1.